The molecule has 2 aromatic carbocycles. The summed E-state index contributed by atoms with van der Waals surface area (Å²) in [5, 5.41) is 7.12. The van der Waals surface area contributed by atoms with Gasteiger partial charge in [-0.2, -0.15) is 0 Å². The van der Waals surface area contributed by atoms with Crippen molar-refractivity contribution in [2.24, 2.45) is 5.16 Å². The van der Waals surface area contributed by atoms with Crippen LogP contribution in [0.15, 0.2) is 47.6 Å². The molecule has 3 rings (SSSR count). The van der Waals surface area contributed by atoms with Gasteiger partial charge in [-0.05, 0) is 55.0 Å². The van der Waals surface area contributed by atoms with Crippen molar-refractivity contribution < 1.29 is 9.63 Å². The number of carbonyl (C=O) groups excluding carboxylic acids is 1. The second-order valence-electron chi connectivity index (χ2n) is 7.18. The third kappa shape index (κ3) is 3.58. The van der Waals surface area contributed by atoms with Gasteiger partial charge in [0, 0.05) is 16.8 Å². The van der Waals surface area contributed by atoms with Crippen LogP contribution in [0.3, 0.4) is 0 Å². The highest BCUT2D eigenvalue weighted by molar-refractivity contribution is 6.08. The van der Waals surface area contributed by atoms with Gasteiger partial charge in [-0.1, -0.05) is 42.8 Å². The van der Waals surface area contributed by atoms with Crippen LogP contribution in [0.1, 0.15) is 53.7 Å². The molecule has 0 spiro atoms. The van der Waals surface area contributed by atoms with Crippen LogP contribution < -0.4 is 5.32 Å². The summed E-state index contributed by atoms with van der Waals surface area (Å²) in [6.45, 7) is 6.47. The number of oxime groups is 1. The summed E-state index contributed by atoms with van der Waals surface area (Å²) >= 11 is 0. The van der Waals surface area contributed by atoms with E-state index in [1.807, 2.05) is 49.4 Å². The Morgan fingerprint density at radius 2 is 1.88 bits per heavy atom. The van der Waals surface area contributed by atoms with Gasteiger partial charge in [-0.15, -0.1) is 0 Å². The summed E-state index contributed by atoms with van der Waals surface area (Å²) in [5.74, 6) is -0.119. The molecule has 1 N–H and O–H groups in total. The molecule has 25 heavy (non-hydrogen) atoms. The lowest BCUT2D eigenvalue weighted by Gasteiger charge is -2.33. The Hall–Kier alpha value is -2.62. The lowest BCUT2D eigenvalue weighted by atomic mass is 9.71. The molecule has 0 bridgehead atoms. The van der Waals surface area contributed by atoms with Crippen molar-refractivity contribution in [3.05, 3.63) is 64.7 Å². The minimum atomic E-state index is -0.119. The van der Waals surface area contributed by atoms with E-state index in [1.165, 1.54) is 5.56 Å². The number of anilines is 1. The van der Waals surface area contributed by atoms with Crippen LogP contribution in [0.4, 0.5) is 5.69 Å². The molecule has 4 heteroatoms. The van der Waals surface area contributed by atoms with Crippen molar-refractivity contribution in [1.82, 2.24) is 0 Å². The summed E-state index contributed by atoms with van der Waals surface area (Å²) in [4.78, 5) is 17.6. The van der Waals surface area contributed by atoms with Crippen molar-refractivity contribution in [2.45, 2.75) is 39.0 Å². The number of nitrogens with zero attached hydrogens (tertiary/aromatic N) is 1. The van der Waals surface area contributed by atoms with Crippen LogP contribution in [0.25, 0.3) is 0 Å². The Kier molecular flexibility index (Phi) is 4.62. The molecule has 4 nitrogen and oxygen atoms in total. The fourth-order valence-electron chi connectivity index (χ4n) is 3.26. The Morgan fingerprint density at radius 3 is 2.56 bits per heavy atom. The van der Waals surface area contributed by atoms with Gasteiger partial charge in [0.2, 0.25) is 0 Å². The maximum absolute atomic E-state index is 12.6. The molecular formula is C21H24N2O2. The first-order valence-corrected chi connectivity index (χ1v) is 8.54. The van der Waals surface area contributed by atoms with Crippen LogP contribution in [-0.4, -0.2) is 18.7 Å². The third-order valence-corrected chi connectivity index (χ3v) is 4.82. The molecule has 1 aliphatic carbocycles. The fourth-order valence-corrected chi connectivity index (χ4v) is 3.26. The molecule has 0 aromatic heterocycles. The summed E-state index contributed by atoms with van der Waals surface area (Å²) < 4.78 is 0. The number of amides is 1. The van der Waals surface area contributed by atoms with Gasteiger partial charge in [0.1, 0.15) is 7.11 Å². The highest BCUT2D eigenvalue weighted by atomic mass is 16.6. The molecule has 0 heterocycles. The highest BCUT2D eigenvalue weighted by Crippen LogP contribution is 2.37. The van der Waals surface area contributed by atoms with E-state index in [-0.39, 0.29) is 11.3 Å². The van der Waals surface area contributed by atoms with E-state index in [0.717, 1.165) is 35.4 Å². The first-order valence-electron chi connectivity index (χ1n) is 8.54. The van der Waals surface area contributed by atoms with Crippen LogP contribution in [0, 0.1) is 6.92 Å². The van der Waals surface area contributed by atoms with Crippen molar-refractivity contribution in [3.63, 3.8) is 0 Å². The van der Waals surface area contributed by atoms with Crippen LogP contribution >= 0.6 is 0 Å². The number of fused-ring (bicyclic) bond motifs is 1. The van der Waals surface area contributed by atoms with E-state index >= 15 is 0 Å². The lowest BCUT2D eigenvalue weighted by Crippen LogP contribution is -2.28. The van der Waals surface area contributed by atoms with E-state index < -0.39 is 0 Å². The number of hydrogen-bond acceptors (Lipinski definition) is 3. The molecule has 1 amide bonds. The Morgan fingerprint density at radius 1 is 1.16 bits per heavy atom. The lowest BCUT2D eigenvalue weighted by molar-refractivity contribution is 0.102. The molecule has 0 radical (unpaired) electrons. The molecule has 130 valence electrons. The standard InChI is InChI=1S/C21H24N2O2/c1-14-5-8-16(9-6-14)22-20(24)15-7-10-18-17(13-15)19(23-25-4)11-12-21(18,2)3/h5-10,13H,11-12H2,1-4H3,(H,22,24)/b23-19+. The summed E-state index contributed by atoms with van der Waals surface area (Å²) in [7, 11) is 1.56. The topological polar surface area (TPSA) is 50.7 Å². The largest absolute Gasteiger partial charge is 0.399 e. The zero-order chi connectivity index (χ0) is 18.0. The number of hydrogen-bond donors (Lipinski definition) is 1. The smallest absolute Gasteiger partial charge is 0.255 e. The molecule has 0 aliphatic heterocycles. The minimum Gasteiger partial charge on any atom is -0.399 e. The first kappa shape index (κ1) is 17.2. The monoisotopic (exact) mass is 336 g/mol. The first-order chi connectivity index (χ1) is 11.9. The quantitative estimate of drug-likeness (QED) is 0.828. The zero-order valence-electron chi connectivity index (χ0n) is 15.2. The number of benzene rings is 2. The van der Waals surface area contributed by atoms with Gasteiger partial charge in [0.25, 0.3) is 5.91 Å². The van der Waals surface area contributed by atoms with Gasteiger partial charge in [-0.25, -0.2) is 0 Å². The summed E-state index contributed by atoms with van der Waals surface area (Å²) in [5.41, 5.74) is 5.77. The zero-order valence-corrected chi connectivity index (χ0v) is 15.2. The molecule has 1 aliphatic rings. The van der Waals surface area contributed by atoms with E-state index in [9.17, 15) is 4.79 Å². The van der Waals surface area contributed by atoms with E-state index in [2.05, 4.69) is 24.3 Å². The van der Waals surface area contributed by atoms with Crippen molar-refractivity contribution >= 4 is 17.3 Å². The maximum atomic E-state index is 12.6. The number of nitrogens with one attached hydrogen (secondary N) is 1. The average Bonchev–Trinajstić information content (AvgIpc) is 2.59. The molecule has 2 aromatic rings. The number of carbonyl (C=O) groups is 1. The van der Waals surface area contributed by atoms with Gasteiger partial charge < -0.3 is 10.2 Å². The Labute approximate surface area is 148 Å². The van der Waals surface area contributed by atoms with Crippen LogP contribution in [0.2, 0.25) is 0 Å². The van der Waals surface area contributed by atoms with Crippen LogP contribution in [-0.2, 0) is 10.3 Å². The van der Waals surface area contributed by atoms with Gasteiger partial charge in [0.15, 0.2) is 0 Å². The van der Waals surface area contributed by atoms with E-state index in [0.29, 0.717) is 5.56 Å². The molecule has 0 fully saturated rings. The highest BCUT2D eigenvalue weighted by Gasteiger charge is 2.31. The molecular weight excluding hydrogens is 312 g/mol. The normalized spacial score (nSPS) is 17.0. The van der Waals surface area contributed by atoms with Gasteiger partial charge in [0.05, 0.1) is 5.71 Å². The third-order valence-electron chi connectivity index (χ3n) is 4.82. The van der Waals surface area contributed by atoms with Crippen LogP contribution in [0.5, 0.6) is 0 Å². The van der Waals surface area contributed by atoms with Crippen molar-refractivity contribution in [1.29, 1.82) is 0 Å². The number of rotatable bonds is 3. The average molecular weight is 336 g/mol. The Bertz CT molecular complexity index is 820. The fraction of sp³-hybridized carbons (Fsp3) is 0.333. The SMILES string of the molecule is CO/N=C1\CCC(C)(C)c2ccc(C(=O)Nc3ccc(C)cc3)cc21. The van der Waals surface area contributed by atoms with Crippen molar-refractivity contribution in [3.8, 4) is 0 Å². The van der Waals surface area contributed by atoms with E-state index in [4.69, 9.17) is 4.84 Å². The molecule has 0 atom stereocenters. The molecule has 0 saturated carbocycles. The maximum Gasteiger partial charge on any atom is 0.255 e. The minimum absolute atomic E-state index is 0.0635. The Balaban J connectivity index is 1.93. The summed E-state index contributed by atoms with van der Waals surface area (Å²) in [6, 6.07) is 13.6. The molecule has 0 unspecified atom stereocenters. The molecule has 0 saturated heterocycles. The number of aryl methyl sites for hydroxylation is 1. The van der Waals surface area contributed by atoms with Gasteiger partial charge in [-0.3, -0.25) is 4.79 Å². The summed E-state index contributed by atoms with van der Waals surface area (Å²) in [6.07, 6.45) is 1.86. The van der Waals surface area contributed by atoms with Gasteiger partial charge >= 0.3 is 0 Å². The predicted octanol–water partition coefficient (Wildman–Crippen LogP) is 4.67. The second kappa shape index (κ2) is 6.71. The van der Waals surface area contributed by atoms with E-state index in [1.54, 1.807) is 7.11 Å². The van der Waals surface area contributed by atoms with Crippen molar-refractivity contribution in [2.75, 3.05) is 12.4 Å². The second-order valence-corrected chi connectivity index (χ2v) is 7.18. The predicted molar refractivity (Wildman–Crippen MR) is 101 cm³/mol.